The summed E-state index contributed by atoms with van der Waals surface area (Å²) in [7, 11) is 0. The van der Waals surface area contributed by atoms with Crippen LogP contribution in [-0.2, 0) is 26.3 Å². The molecule has 2 saturated heterocycles. The van der Waals surface area contributed by atoms with Crippen LogP contribution >= 0.6 is 0 Å². The van der Waals surface area contributed by atoms with Crippen molar-refractivity contribution >= 4 is 29.2 Å². The molecular formula is C38H46N4O4. The predicted octanol–water partition coefficient (Wildman–Crippen LogP) is 6.00. The largest absolute Gasteiger partial charge is 0.456 e. The molecule has 2 fully saturated rings. The first kappa shape index (κ1) is 31.8. The third kappa shape index (κ3) is 5.91. The Labute approximate surface area is 272 Å². The molecular weight excluding hydrogens is 576 g/mol. The average molecular weight is 623 g/mol. The van der Waals surface area contributed by atoms with Gasteiger partial charge >= 0.3 is 5.97 Å². The summed E-state index contributed by atoms with van der Waals surface area (Å²) in [5.41, 5.74) is 2.67. The lowest BCUT2D eigenvalue weighted by Gasteiger charge is -2.43. The maximum atomic E-state index is 14.4. The molecule has 3 aliphatic rings. The number of piperidine rings is 1. The van der Waals surface area contributed by atoms with Gasteiger partial charge < -0.3 is 24.3 Å². The number of hydrogen-bond acceptors (Lipinski definition) is 6. The number of amides is 2. The van der Waals surface area contributed by atoms with Crippen molar-refractivity contribution in [2.45, 2.75) is 77.0 Å². The lowest BCUT2D eigenvalue weighted by molar-refractivity contribution is -0.134. The Hall–Kier alpha value is -4.17. The first-order valence-electron chi connectivity index (χ1n) is 16.5. The topological polar surface area (TPSA) is 73.4 Å². The van der Waals surface area contributed by atoms with Crippen LogP contribution in [0, 0.1) is 0 Å². The van der Waals surface area contributed by atoms with Crippen molar-refractivity contribution in [2.75, 3.05) is 42.6 Å². The van der Waals surface area contributed by atoms with E-state index < -0.39 is 16.6 Å². The Morgan fingerprint density at radius 1 is 0.826 bits per heavy atom. The molecule has 0 radical (unpaired) electrons. The summed E-state index contributed by atoms with van der Waals surface area (Å²) in [5.74, 6) is -0.105. The van der Waals surface area contributed by atoms with E-state index in [1.54, 1.807) is 6.07 Å². The van der Waals surface area contributed by atoms with Crippen LogP contribution in [0.4, 0.5) is 11.4 Å². The molecule has 6 rings (SSSR count). The van der Waals surface area contributed by atoms with E-state index in [4.69, 9.17) is 4.74 Å². The van der Waals surface area contributed by atoms with Gasteiger partial charge in [0.1, 0.15) is 11.1 Å². The fourth-order valence-electron chi connectivity index (χ4n) is 7.34. The Bertz CT molecular complexity index is 1600. The highest BCUT2D eigenvalue weighted by molar-refractivity contribution is 6.07. The van der Waals surface area contributed by atoms with Gasteiger partial charge in [-0.2, -0.15) is 0 Å². The van der Waals surface area contributed by atoms with Gasteiger partial charge in [-0.05, 0) is 95.8 Å². The first-order valence-corrected chi connectivity index (χ1v) is 16.5. The van der Waals surface area contributed by atoms with Gasteiger partial charge in [0.25, 0.3) is 0 Å². The highest BCUT2D eigenvalue weighted by Crippen LogP contribution is 2.42. The summed E-state index contributed by atoms with van der Waals surface area (Å²) < 4.78 is 5.69. The van der Waals surface area contributed by atoms with Crippen molar-refractivity contribution < 1.29 is 19.1 Å². The molecule has 3 aliphatic heterocycles. The van der Waals surface area contributed by atoms with E-state index in [0.29, 0.717) is 38.2 Å². The molecule has 0 bridgehead atoms. The van der Waals surface area contributed by atoms with Crippen LogP contribution in [0.15, 0.2) is 78.9 Å². The van der Waals surface area contributed by atoms with Crippen molar-refractivity contribution in [3.63, 3.8) is 0 Å². The summed E-state index contributed by atoms with van der Waals surface area (Å²) in [5, 5.41) is 0. The zero-order valence-corrected chi connectivity index (χ0v) is 27.8. The van der Waals surface area contributed by atoms with Gasteiger partial charge in [-0.1, -0.05) is 54.6 Å². The molecule has 3 aromatic rings. The number of carbonyl (C=O) groups excluding carboxylic acids is 3. The van der Waals surface area contributed by atoms with Gasteiger partial charge in [-0.15, -0.1) is 0 Å². The van der Waals surface area contributed by atoms with Crippen LogP contribution in [0.3, 0.4) is 0 Å². The summed E-state index contributed by atoms with van der Waals surface area (Å²) in [4.78, 5) is 49.3. The minimum absolute atomic E-state index is 0.108. The average Bonchev–Trinajstić information content (AvgIpc) is 3.40. The molecule has 1 spiro atoms. The molecule has 242 valence electrons. The Morgan fingerprint density at radius 3 is 2.20 bits per heavy atom. The van der Waals surface area contributed by atoms with Crippen LogP contribution < -0.4 is 9.80 Å². The lowest BCUT2D eigenvalue weighted by Crippen LogP contribution is -2.56. The zero-order valence-electron chi connectivity index (χ0n) is 27.8. The number of esters is 1. The monoisotopic (exact) mass is 622 g/mol. The summed E-state index contributed by atoms with van der Waals surface area (Å²) in [6.07, 6.45) is 2.29. The highest BCUT2D eigenvalue weighted by atomic mass is 16.6. The molecule has 0 saturated carbocycles. The number of ether oxygens (including phenoxy) is 1. The van der Waals surface area contributed by atoms with Crippen molar-refractivity contribution in [3.05, 3.63) is 95.6 Å². The molecule has 0 unspecified atom stereocenters. The second kappa shape index (κ2) is 12.2. The van der Waals surface area contributed by atoms with Crippen LogP contribution in [0.1, 0.15) is 75.4 Å². The van der Waals surface area contributed by atoms with Gasteiger partial charge in [-0.3, -0.25) is 9.59 Å². The number of fused-ring (bicyclic) bond motifs is 1. The van der Waals surface area contributed by atoms with Gasteiger partial charge in [0, 0.05) is 37.6 Å². The first-order chi connectivity index (χ1) is 21.9. The van der Waals surface area contributed by atoms with E-state index in [1.807, 2.05) is 99.0 Å². The Morgan fingerprint density at radius 2 is 1.48 bits per heavy atom. The maximum absolute atomic E-state index is 14.4. The van der Waals surface area contributed by atoms with E-state index in [2.05, 4.69) is 28.0 Å². The van der Waals surface area contributed by atoms with Crippen LogP contribution in [0.25, 0.3) is 0 Å². The molecule has 8 nitrogen and oxygen atoms in total. The molecule has 0 aromatic heterocycles. The fourth-order valence-corrected chi connectivity index (χ4v) is 7.34. The molecule has 8 heteroatoms. The zero-order chi connectivity index (χ0) is 32.7. The number of hydrogen-bond donors (Lipinski definition) is 0. The molecule has 0 aliphatic carbocycles. The fraction of sp³-hybridized carbons (Fsp3) is 0.447. The van der Waals surface area contributed by atoms with Crippen LogP contribution in [0.5, 0.6) is 0 Å². The van der Waals surface area contributed by atoms with E-state index in [0.717, 1.165) is 48.6 Å². The number of likely N-dealkylation sites (tertiary alicyclic amines) is 1. The summed E-state index contributed by atoms with van der Waals surface area (Å²) in [6, 6.07) is 25.7. The standard InChI is InChI=1S/C38H46N4O4/c1-36(2,3)46-33(43)30-17-10-9-14-28(30)26-40-27-42(29-15-7-6-8-16-29)38(35(40)45)20-24-39(25-21-38)22-13-23-41-32-19-12-11-18-31(32)37(4,5)34(41)44/h6-12,14-19H,13,20-27H2,1-5H3. The van der Waals surface area contributed by atoms with Gasteiger partial charge in [0.2, 0.25) is 11.8 Å². The van der Waals surface area contributed by atoms with Gasteiger partial charge in [-0.25, -0.2) is 4.79 Å². The van der Waals surface area contributed by atoms with E-state index >= 15 is 0 Å². The smallest absolute Gasteiger partial charge is 0.338 e. The minimum Gasteiger partial charge on any atom is -0.456 e. The van der Waals surface area contributed by atoms with Gasteiger partial charge in [0.15, 0.2) is 0 Å². The molecule has 3 aromatic carbocycles. The van der Waals surface area contributed by atoms with E-state index in [-0.39, 0.29) is 17.8 Å². The Balaban J connectivity index is 1.15. The number of nitrogens with zero attached hydrogens (tertiary/aromatic N) is 4. The second-order valence-corrected chi connectivity index (χ2v) is 14.4. The number of rotatable bonds is 8. The van der Waals surface area contributed by atoms with E-state index in [9.17, 15) is 14.4 Å². The highest BCUT2D eigenvalue weighted by Gasteiger charge is 2.53. The summed E-state index contributed by atoms with van der Waals surface area (Å²) in [6.45, 7) is 13.5. The predicted molar refractivity (Wildman–Crippen MR) is 181 cm³/mol. The van der Waals surface area contributed by atoms with Crippen LogP contribution in [-0.4, -0.2) is 71.6 Å². The number of carbonyl (C=O) groups is 3. The maximum Gasteiger partial charge on any atom is 0.338 e. The molecule has 46 heavy (non-hydrogen) atoms. The van der Waals surface area contributed by atoms with Crippen molar-refractivity contribution in [2.24, 2.45) is 0 Å². The van der Waals surface area contributed by atoms with E-state index in [1.165, 1.54) is 0 Å². The number of para-hydroxylation sites is 2. The van der Waals surface area contributed by atoms with Gasteiger partial charge in [0.05, 0.1) is 17.6 Å². The normalized spacial score (nSPS) is 19.2. The Kier molecular flexibility index (Phi) is 8.44. The third-order valence-corrected chi connectivity index (χ3v) is 9.77. The lowest BCUT2D eigenvalue weighted by atomic mass is 9.85. The van der Waals surface area contributed by atoms with Crippen molar-refractivity contribution in [1.82, 2.24) is 9.80 Å². The minimum atomic E-state index is -0.646. The second-order valence-electron chi connectivity index (χ2n) is 14.4. The third-order valence-electron chi connectivity index (χ3n) is 9.77. The molecule has 0 atom stereocenters. The molecule has 2 amide bonds. The molecule has 0 N–H and O–H groups in total. The van der Waals surface area contributed by atoms with Crippen LogP contribution in [0.2, 0.25) is 0 Å². The van der Waals surface area contributed by atoms with Crippen molar-refractivity contribution in [1.29, 1.82) is 0 Å². The van der Waals surface area contributed by atoms with Crippen molar-refractivity contribution in [3.8, 4) is 0 Å². The summed E-state index contributed by atoms with van der Waals surface area (Å²) >= 11 is 0. The number of anilines is 2. The molecule has 3 heterocycles. The SMILES string of the molecule is CC(C)(C)OC(=O)c1ccccc1CN1CN(c2ccccc2)C2(CCN(CCCN3C(=O)C(C)(C)c4ccccc43)CC2)C1=O. The number of benzene rings is 3. The quantitative estimate of drug-likeness (QED) is 0.287.